The molecule has 0 unspecified atom stereocenters. The van der Waals surface area contributed by atoms with Crippen molar-refractivity contribution in [3.05, 3.63) is 29.8 Å². The van der Waals surface area contributed by atoms with Gasteiger partial charge in [0.15, 0.2) is 0 Å². The van der Waals surface area contributed by atoms with E-state index in [1.165, 1.54) is 12.1 Å². The summed E-state index contributed by atoms with van der Waals surface area (Å²) in [6.45, 7) is 5.68. The third-order valence-electron chi connectivity index (χ3n) is 2.99. The van der Waals surface area contributed by atoms with Crippen LogP contribution in [0.3, 0.4) is 0 Å². The van der Waals surface area contributed by atoms with Crippen LogP contribution in [0.1, 0.15) is 19.4 Å². The molecule has 0 aliphatic heterocycles. The molecule has 0 bridgehead atoms. The Morgan fingerprint density at radius 3 is 2.17 bits per heavy atom. The molecule has 132 valence electrons. The van der Waals surface area contributed by atoms with Gasteiger partial charge in [-0.1, -0.05) is 42.9 Å². The number of aryl methyl sites for hydroxylation is 1. The largest absolute Gasteiger partial charge is 0.267 e. The number of sulfonamides is 2. The molecular formula is C13H18N4O4S3. The zero-order valence-corrected chi connectivity index (χ0v) is 15.8. The van der Waals surface area contributed by atoms with Crippen molar-refractivity contribution >= 4 is 36.5 Å². The fourth-order valence-corrected chi connectivity index (χ4v) is 5.08. The molecule has 0 aliphatic carbocycles. The molecule has 24 heavy (non-hydrogen) atoms. The van der Waals surface area contributed by atoms with E-state index in [0.29, 0.717) is 11.3 Å². The van der Waals surface area contributed by atoms with Gasteiger partial charge in [0.05, 0.1) is 4.90 Å². The van der Waals surface area contributed by atoms with Crippen LogP contribution < -0.4 is 9.44 Å². The van der Waals surface area contributed by atoms with Gasteiger partial charge in [-0.05, 0) is 25.0 Å². The van der Waals surface area contributed by atoms with Gasteiger partial charge in [0.25, 0.3) is 20.0 Å². The SMILES string of the molecule is Cc1ccc(S(=O)(=O)N(CC(C)C)c2nnc(S(N)(=O)=O)s2)cc1. The highest BCUT2D eigenvalue weighted by atomic mass is 32.2. The van der Waals surface area contributed by atoms with Gasteiger partial charge in [0.2, 0.25) is 9.47 Å². The van der Waals surface area contributed by atoms with E-state index in [2.05, 4.69) is 10.2 Å². The van der Waals surface area contributed by atoms with Crippen LogP contribution in [0, 0.1) is 12.8 Å². The molecule has 0 amide bonds. The zero-order valence-electron chi connectivity index (χ0n) is 13.4. The van der Waals surface area contributed by atoms with E-state index in [9.17, 15) is 16.8 Å². The molecule has 0 radical (unpaired) electrons. The Hall–Kier alpha value is -1.56. The van der Waals surface area contributed by atoms with Gasteiger partial charge in [-0.3, -0.25) is 0 Å². The maximum absolute atomic E-state index is 12.9. The molecule has 8 nitrogen and oxygen atoms in total. The van der Waals surface area contributed by atoms with Crippen LogP contribution in [0.25, 0.3) is 0 Å². The number of benzene rings is 1. The number of hydrogen-bond acceptors (Lipinski definition) is 7. The number of hydrogen-bond donors (Lipinski definition) is 1. The molecule has 1 aromatic heterocycles. The zero-order chi connectivity index (χ0) is 18.1. The number of anilines is 1. The van der Waals surface area contributed by atoms with Crippen LogP contribution in [0.15, 0.2) is 33.5 Å². The average molecular weight is 391 g/mol. The van der Waals surface area contributed by atoms with Gasteiger partial charge in [-0.25, -0.2) is 26.3 Å². The quantitative estimate of drug-likeness (QED) is 0.794. The average Bonchev–Trinajstić information content (AvgIpc) is 2.94. The lowest BCUT2D eigenvalue weighted by atomic mass is 10.2. The highest BCUT2D eigenvalue weighted by molar-refractivity contribution is 7.93. The molecule has 11 heteroatoms. The summed E-state index contributed by atoms with van der Waals surface area (Å²) in [6.07, 6.45) is 0. The van der Waals surface area contributed by atoms with Gasteiger partial charge >= 0.3 is 0 Å². The highest BCUT2D eigenvalue weighted by Gasteiger charge is 2.30. The highest BCUT2D eigenvalue weighted by Crippen LogP contribution is 2.29. The number of aromatic nitrogens is 2. The monoisotopic (exact) mass is 390 g/mol. The molecule has 1 heterocycles. The normalized spacial score (nSPS) is 12.5. The van der Waals surface area contributed by atoms with Crippen molar-refractivity contribution in [3.8, 4) is 0 Å². The third kappa shape index (κ3) is 4.09. The first-order valence-electron chi connectivity index (χ1n) is 6.97. The van der Waals surface area contributed by atoms with Gasteiger partial charge in [0.1, 0.15) is 0 Å². The van der Waals surface area contributed by atoms with Crippen molar-refractivity contribution in [1.29, 1.82) is 0 Å². The Bertz CT molecular complexity index is 918. The van der Waals surface area contributed by atoms with Crippen molar-refractivity contribution < 1.29 is 16.8 Å². The molecule has 0 spiro atoms. The molecular weight excluding hydrogens is 372 g/mol. The fourth-order valence-electron chi connectivity index (χ4n) is 1.87. The molecule has 0 aliphatic rings. The van der Waals surface area contributed by atoms with Gasteiger partial charge in [-0.2, -0.15) is 0 Å². The van der Waals surface area contributed by atoms with E-state index in [1.54, 1.807) is 12.1 Å². The van der Waals surface area contributed by atoms with Crippen molar-refractivity contribution in [2.45, 2.75) is 30.0 Å². The van der Waals surface area contributed by atoms with Crippen LogP contribution in [0.4, 0.5) is 5.13 Å². The Morgan fingerprint density at radius 1 is 1.12 bits per heavy atom. The predicted octanol–water partition coefficient (Wildman–Crippen LogP) is 1.35. The third-order valence-corrected chi connectivity index (χ3v) is 7.13. The van der Waals surface area contributed by atoms with Crippen LogP contribution in [0.5, 0.6) is 0 Å². The number of nitrogens with zero attached hydrogens (tertiary/aromatic N) is 3. The van der Waals surface area contributed by atoms with Crippen molar-refractivity contribution in [2.24, 2.45) is 11.1 Å². The minimum absolute atomic E-state index is 0.00735. The molecule has 0 atom stereocenters. The van der Waals surface area contributed by atoms with Gasteiger partial charge < -0.3 is 0 Å². The minimum atomic E-state index is -4.04. The predicted molar refractivity (Wildman–Crippen MR) is 91.8 cm³/mol. The summed E-state index contributed by atoms with van der Waals surface area (Å²) in [5, 5.41) is 12.2. The maximum Gasteiger partial charge on any atom is 0.267 e. The molecule has 2 rings (SSSR count). The van der Waals surface area contributed by atoms with Gasteiger partial charge in [-0.15, -0.1) is 10.2 Å². The fraction of sp³-hybridized carbons (Fsp3) is 0.385. The van der Waals surface area contributed by atoms with Crippen molar-refractivity contribution in [1.82, 2.24) is 10.2 Å². The van der Waals surface area contributed by atoms with Crippen LogP contribution in [-0.4, -0.2) is 33.6 Å². The summed E-state index contributed by atoms with van der Waals surface area (Å²) < 4.78 is 49.2. The lowest BCUT2D eigenvalue weighted by Gasteiger charge is -2.23. The lowest BCUT2D eigenvalue weighted by Crippen LogP contribution is -2.34. The number of primary sulfonamides is 1. The summed E-state index contributed by atoms with van der Waals surface area (Å²) in [5.74, 6) is -0.00735. The molecule has 0 saturated heterocycles. The maximum atomic E-state index is 12.9. The smallest absolute Gasteiger partial charge is 0.239 e. The van der Waals surface area contributed by atoms with E-state index < -0.39 is 24.4 Å². The molecule has 0 fully saturated rings. The van der Waals surface area contributed by atoms with Crippen LogP contribution in [0.2, 0.25) is 0 Å². The van der Waals surface area contributed by atoms with Crippen molar-refractivity contribution in [2.75, 3.05) is 10.8 Å². The van der Waals surface area contributed by atoms with E-state index >= 15 is 0 Å². The summed E-state index contributed by atoms with van der Waals surface area (Å²) in [5.41, 5.74) is 0.928. The summed E-state index contributed by atoms with van der Waals surface area (Å²) in [4.78, 5) is 0.0982. The topological polar surface area (TPSA) is 123 Å². The standard InChI is InChI=1S/C13H18N4O4S3/c1-9(2)8-17(12-15-16-13(22-12)23(14,18)19)24(20,21)11-6-4-10(3)5-7-11/h4-7,9H,8H2,1-3H3,(H2,14,18,19). The van der Waals surface area contributed by atoms with Crippen LogP contribution >= 0.6 is 11.3 Å². The molecule has 2 aromatic rings. The van der Waals surface area contributed by atoms with E-state index in [1.807, 2.05) is 20.8 Å². The first-order valence-corrected chi connectivity index (χ1v) is 10.8. The van der Waals surface area contributed by atoms with Crippen LogP contribution in [-0.2, 0) is 20.0 Å². The summed E-state index contributed by atoms with van der Waals surface area (Å²) >= 11 is 0.626. The minimum Gasteiger partial charge on any atom is -0.239 e. The first kappa shape index (κ1) is 18.8. The Balaban J connectivity index is 2.52. The van der Waals surface area contributed by atoms with E-state index in [4.69, 9.17) is 5.14 Å². The van der Waals surface area contributed by atoms with Gasteiger partial charge in [0, 0.05) is 6.54 Å². The second-order valence-corrected chi connectivity index (χ2v) is 10.2. The number of nitrogens with two attached hydrogens (primary N) is 1. The van der Waals surface area contributed by atoms with E-state index in [0.717, 1.165) is 9.87 Å². The Morgan fingerprint density at radius 2 is 1.71 bits per heavy atom. The van der Waals surface area contributed by atoms with E-state index in [-0.39, 0.29) is 22.5 Å². The molecule has 0 saturated carbocycles. The van der Waals surface area contributed by atoms with Crippen molar-refractivity contribution in [3.63, 3.8) is 0 Å². The summed E-state index contributed by atoms with van der Waals surface area (Å²) in [7, 11) is -7.93. The lowest BCUT2D eigenvalue weighted by molar-refractivity contribution is 0.577. The first-order chi connectivity index (χ1) is 11.0. The Labute approximate surface area is 145 Å². The molecule has 2 N–H and O–H groups in total. The molecule has 1 aromatic carbocycles. The Kier molecular flexibility index (Phi) is 5.28. The number of rotatable bonds is 6. The second-order valence-electron chi connectivity index (χ2n) is 5.64. The second kappa shape index (κ2) is 6.75. The summed E-state index contributed by atoms with van der Waals surface area (Å²) in [6, 6.07) is 6.38.